The van der Waals surface area contributed by atoms with Crippen molar-refractivity contribution in [2.24, 2.45) is 0 Å². The number of anilines is 1. The van der Waals surface area contributed by atoms with E-state index in [4.69, 9.17) is 14.6 Å². The monoisotopic (exact) mass is 334 g/mol. The van der Waals surface area contributed by atoms with Crippen molar-refractivity contribution in [3.8, 4) is 5.75 Å². The maximum atomic E-state index is 12.5. The molecule has 0 saturated carbocycles. The van der Waals surface area contributed by atoms with Crippen molar-refractivity contribution in [2.75, 3.05) is 32.1 Å². The molecule has 0 fully saturated rings. The Morgan fingerprint density at radius 2 is 2.08 bits per heavy atom. The summed E-state index contributed by atoms with van der Waals surface area (Å²) in [6.45, 7) is 3.87. The quantitative estimate of drug-likeness (QED) is 0.727. The highest BCUT2D eigenvalue weighted by molar-refractivity contribution is 6.08. The summed E-state index contributed by atoms with van der Waals surface area (Å²) in [5, 5.41) is 12.1. The molecule has 0 unspecified atom stereocenters. The number of carbonyl (C=O) groups excluding carboxylic acids is 2. The standard InChI is InChI=1S/C17H22N2O5/c1-11(2)24-14-7-5-4-6-13(14)18-15-12(17(22)23-3)10-19(8-9-20)16(15)21/h4-7,11,18,20H,8-10H2,1-3H3. The molecule has 0 radical (unpaired) electrons. The fourth-order valence-electron chi connectivity index (χ4n) is 2.41. The summed E-state index contributed by atoms with van der Waals surface area (Å²) in [5.41, 5.74) is 0.965. The van der Waals surface area contributed by atoms with Gasteiger partial charge in [-0.05, 0) is 26.0 Å². The number of para-hydroxylation sites is 2. The number of carbonyl (C=O) groups is 2. The van der Waals surface area contributed by atoms with E-state index in [0.29, 0.717) is 11.4 Å². The zero-order valence-electron chi connectivity index (χ0n) is 14.0. The van der Waals surface area contributed by atoms with Crippen LogP contribution in [0, 0.1) is 0 Å². The predicted octanol–water partition coefficient (Wildman–Crippen LogP) is 1.15. The van der Waals surface area contributed by atoms with Gasteiger partial charge in [0.25, 0.3) is 5.91 Å². The minimum atomic E-state index is -0.575. The molecule has 0 spiro atoms. The molecule has 2 N–H and O–H groups in total. The van der Waals surface area contributed by atoms with Crippen LogP contribution in [-0.4, -0.2) is 54.8 Å². The summed E-state index contributed by atoms with van der Waals surface area (Å²) in [6.07, 6.45) is -0.0350. The van der Waals surface area contributed by atoms with Gasteiger partial charge in [-0.3, -0.25) is 4.79 Å². The minimum absolute atomic E-state index is 0.0350. The number of β-amino-alcohol motifs (C(OH)–C–C–N with tert-alkyl or cyclic N) is 1. The van der Waals surface area contributed by atoms with Crippen molar-refractivity contribution in [2.45, 2.75) is 20.0 Å². The normalized spacial score (nSPS) is 14.4. The van der Waals surface area contributed by atoms with E-state index in [-0.39, 0.29) is 43.0 Å². The molecule has 7 heteroatoms. The number of esters is 1. The van der Waals surface area contributed by atoms with Crippen LogP contribution >= 0.6 is 0 Å². The largest absolute Gasteiger partial charge is 0.489 e. The van der Waals surface area contributed by atoms with Gasteiger partial charge in [0.2, 0.25) is 0 Å². The molecule has 0 saturated heterocycles. The Bertz CT molecular complexity index is 654. The van der Waals surface area contributed by atoms with Gasteiger partial charge in [0, 0.05) is 6.54 Å². The fourth-order valence-corrected chi connectivity index (χ4v) is 2.41. The number of aliphatic hydroxyl groups excluding tert-OH is 1. The van der Waals surface area contributed by atoms with E-state index in [9.17, 15) is 9.59 Å². The van der Waals surface area contributed by atoms with Crippen LogP contribution in [-0.2, 0) is 14.3 Å². The molecule has 1 amide bonds. The Hall–Kier alpha value is -2.54. The van der Waals surface area contributed by atoms with E-state index in [1.807, 2.05) is 19.9 Å². The smallest absolute Gasteiger partial charge is 0.337 e. The van der Waals surface area contributed by atoms with Crippen molar-refractivity contribution in [3.63, 3.8) is 0 Å². The first-order chi connectivity index (χ1) is 11.5. The highest BCUT2D eigenvalue weighted by Crippen LogP contribution is 2.29. The number of benzene rings is 1. The van der Waals surface area contributed by atoms with Gasteiger partial charge in [-0.15, -0.1) is 0 Å². The summed E-state index contributed by atoms with van der Waals surface area (Å²) in [6, 6.07) is 7.18. The first kappa shape index (κ1) is 17.8. The van der Waals surface area contributed by atoms with E-state index >= 15 is 0 Å². The summed E-state index contributed by atoms with van der Waals surface area (Å²) >= 11 is 0. The number of hydrogen-bond acceptors (Lipinski definition) is 6. The number of amides is 1. The molecule has 130 valence electrons. The van der Waals surface area contributed by atoms with Crippen LogP contribution in [0.25, 0.3) is 0 Å². The maximum absolute atomic E-state index is 12.5. The fraction of sp³-hybridized carbons (Fsp3) is 0.412. The lowest BCUT2D eigenvalue weighted by Gasteiger charge is -2.17. The molecule has 1 aliphatic rings. The van der Waals surface area contributed by atoms with Crippen molar-refractivity contribution < 1.29 is 24.2 Å². The topological polar surface area (TPSA) is 88.1 Å². The lowest BCUT2D eigenvalue weighted by Crippen LogP contribution is -2.31. The Labute approximate surface area is 140 Å². The van der Waals surface area contributed by atoms with Gasteiger partial charge in [0.1, 0.15) is 11.4 Å². The van der Waals surface area contributed by atoms with Crippen molar-refractivity contribution >= 4 is 17.6 Å². The molecular weight excluding hydrogens is 312 g/mol. The average Bonchev–Trinajstić information content (AvgIpc) is 2.85. The second-order valence-corrected chi connectivity index (χ2v) is 5.58. The first-order valence-corrected chi connectivity index (χ1v) is 7.72. The van der Waals surface area contributed by atoms with Crippen LogP contribution in [0.15, 0.2) is 35.5 Å². The van der Waals surface area contributed by atoms with Gasteiger partial charge in [-0.25, -0.2) is 4.79 Å². The van der Waals surface area contributed by atoms with Crippen LogP contribution in [0.5, 0.6) is 5.75 Å². The second kappa shape index (κ2) is 7.83. The third kappa shape index (κ3) is 3.86. The molecule has 0 aromatic heterocycles. The maximum Gasteiger partial charge on any atom is 0.337 e. The number of hydrogen-bond donors (Lipinski definition) is 2. The van der Waals surface area contributed by atoms with E-state index in [1.165, 1.54) is 12.0 Å². The zero-order valence-corrected chi connectivity index (χ0v) is 14.0. The van der Waals surface area contributed by atoms with Crippen molar-refractivity contribution in [1.82, 2.24) is 4.90 Å². The molecular formula is C17H22N2O5. The molecule has 1 aromatic carbocycles. The number of nitrogens with one attached hydrogen (secondary N) is 1. The SMILES string of the molecule is COC(=O)C1=C(Nc2ccccc2OC(C)C)C(=O)N(CCO)C1. The van der Waals surface area contributed by atoms with Crippen LogP contribution in [0.1, 0.15) is 13.8 Å². The molecule has 7 nitrogen and oxygen atoms in total. The van der Waals surface area contributed by atoms with Gasteiger partial charge in [-0.2, -0.15) is 0 Å². The third-order valence-corrected chi connectivity index (χ3v) is 3.46. The van der Waals surface area contributed by atoms with E-state index < -0.39 is 5.97 Å². The molecule has 1 aliphatic heterocycles. The molecule has 0 bridgehead atoms. The highest BCUT2D eigenvalue weighted by atomic mass is 16.5. The summed E-state index contributed by atoms with van der Waals surface area (Å²) < 4.78 is 10.5. The van der Waals surface area contributed by atoms with Crippen LogP contribution in [0.2, 0.25) is 0 Å². The number of ether oxygens (including phenoxy) is 2. The highest BCUT2D eigenvalue weighted by Gasteiger charge is 2.34. The van der Waals surface area contributed by atoms with E-state index in [0.717, 1.165) is 0 Å². The first-order valence-electron chi connectivity index (χ1n) is 7.72. The van der Waals surface area contributed by atoms with Gasteiger partial charge >= 0.3 is 5.97 Å². The average molecular weight is 334 g/mol. The van der Waals surface area contributed by atoms with Gasteiger partial charge in [0.05, 0.1) is 37.6 Å². The van der Waals surface area contributed by atoms with E-state index in [1.54, 1.807) is 18.2 Å². The number of nitrogens with zero attached hydrogens (tertiary/aromatic N) is 1. The van der Waals surface area contributed by atoms with E-state index in [2.05, 4.69) is 5.32 Å². The molecule has 1 heterocycles. The summed E-state index contributed by atoms with van der Waals surface area (Å²) in [5.74, 6) is -0.352. The third-order valence-electron chi connectivity index (χ3n) is 3.46. The molecule has 0 aliphatic carbocycles. The number of rotatable bonds is 7. The van der Waals surface area contributed by atoms with Crippen LogP contribution < -0.4 is 10.1 Å². The summed E-state index contributed by atoms with van der Waals surface area (Å²) in [4.78, 5) is 25.9. The predicted molar refractivity (Wildman–Crippen MR) is 88.5 cm³/mol. The minimum Gasteiger partial charge on any atom is -0.489 e. The van der Waals surface area contributed by atoms with Gasteiger partial charge in [-0.1, -0.05) is 12.1 Å². The van der Waals surface area contributed by atoms with Gasteiger partial charge in [0.15, 0.2) is 0 Å². The van der Waals surface area contributed by atoms with Crippen LogP contribution in [0.3, 0.4) is 0 Å². The van der Waals surface area contributed by atoms with Crippen molar-refractivity contribution in [3.05, 3.63) is 35.5 Å². The zero-order chi connectivity index (χ0) is 17.7. The molecule has 24 heavy (non-hydrogen) atoms. The lowest BCUT2D eigenvalue weighted by atomic mass is 10.2. The molecule has 2 rings (SSSR count). The lowest BCUT2D eigenvalue weighted by molar-refractivity contribution is -0.136. The second-order valence-electron chi connectivity index (χ2n) is 5.58. The van der Waals surface area contributed by atoms with Gasteiger partial charge < -0.3 is 24.8 Å². The molecule has 1 aromatic rings. The van der Waals surface area contributed by atoms with Crippen LogP contribution in [0.4, 0.5) is 5.69 Å². The number of aliphatic hydroxyl groups is 1. The summed E-state index contributed by atoms with van der Waals surface area (Å²) in [7, 11) is 1.27. The Balaban J connectivity index is 2.34. The Kier molecular flexibility index (Phi) is 5.81. The Morgan fingerprint density at radius 1 is 1.38 bits per heavy atom. The van der Waals surface area contributed by atoms with Crippen molar-refractivity contribution in [1.29, 1.82) is 0 Å². The Morgan fingerprint density at radius 3 is 2.71 bits per heavy atom. The number of methoxy groups -OCH3 is 1. The molecule has 0 atom stereocenters.